The Labute approximate surface area is 230 Å². The summed E-state index contributed by atoms with van der Waals surface area (Å²) >= 11 is 5.46. The SMILES string of the molecule is COc1cc(/C=C2\C(=O)NC(=O)N(c3ccc(Br)cc3)C2=O)cc(I)c1OCc1cc(C)cc(C)c1. The molecule has 1 N–H and O–H groups in total. The van der Waals surface area contributed by atoms with Gasteiger partial charge in [0.05, 0.1) is 16.4 Å². The van der Waals surface area contributed by atoms with E-state index in [1.807, 2.05) is 13.8 Å². The number of carbonyl (C=O) groups excluding carboxylic acids is 3. The third kappa shape index (κ3) is 5.62. The Balaban J connectivity index is 1.63. The zero-order valence-corrected chi connectivity index (χ0v) is 23.5. The van der Waals surface area contributed by atoms with Crippen molar-refractivity contribution >= 4 is 68.1 Å². The quantitative estimate of drug-likeness (QED) is 0.202. The second-order valence-electron chi connectivity index (χ2n) is 8.25. The van der Waals surface area contributed by atoms with Crippen molar-refractivity contribution in [2.75, 3.05) is 12.0 Å². The maximum atomic E-state index is 13.2. The molecule has 1 aliphatic heterocycles. The van der Waals surface area contributed by atoms with E-state index in [1.165, 1.54) is 13.2 Å². The minimum atomic E-state index is -0.799. The van der Waals surface area contributed by atoms with Crippen LogP contribution in [0.25, 0.3) is 6.08 Å². The van der Waals surface area contributed by atoms with Gasteiger partial charge in [0.25, 0.3) is 11.8 Å². The Kier molecular flexibility index (Phi) is 7.79. The third-order valence-electron chi connectivity index (χ3n) is 5.41. The van der Waals surface area contributed by atoms with Crippen molar-refractivity contribution in [1.82, 2.24) is 5.32 Å². The van der Waals surface area contributed by atoms with Crippen molar-refractivity contribution < 1.29 is 23.9 Å². The molecule has 184 valence electrons. The molecule has 0 unspecified atom stereocenters. The number of amides is 4. The smallest absolute Gasteiger partial charge is 0.335 e. The summed E-state index contributed by atoms with van der Waals surface area (Å²) in [4.78, 5) is 39.1. The molecule has 0 aromatic heterocycles. The summed E-state index contributed by atoms with van der Waals surface area (Å²) in [6, 6.07) is 15.6. The van der Waals surface area contributed by atoms with E-state index in [2.05, 4.69) is 62.0 Å². The summed E-state index contributed by atoms with van der Waals surface area (Å²) in [6.45, 7) is 4.44. The number of nitrogens with zero attached hydrogens (tertiary/aromatic N) is 1. The number of halogens is 2. The van der Waals surface area contributed by atoms with Crippen LogP contribution in [0, 0.1) is 17.4 Å². The standard InChI is InChI=1S/C27H22BrIN2O5/c1-15-8-16(2)10-18(9-15)14-36-24-22(29)12-17(13-23(24)35-3)11-21-25(32)30-27(34)31(26(21)33)20-6-4-19(28)5-7-20/h4-13H,14H2,1-3H3,(H,30,32,34)/b21-11+. The van der Waals surface area contributed by atoms with Crippen LogP contribution in [0.15, 0.2) is 64.6 Å². The highest BCUT2D eigenvalue weighted by atomic mass is 127. The lowest BCUT2D eigenvalue weighted by Crippen LogP contribution is -2.54. The molecule has 1 fully saturated rings. The normalized spacial score (nSPS) is 14.8. The van der Waals surface area contributed by atoms with Gasteiger partial charge in [-0.05, 0) is 90.0 Å². The summed E-state index contributed by atoms with van der Waals surface area (Å²) in [5, 5.41) is 2.23. The van der Waals surface area contributed by atoms with Crippen molar-refractivity contribution in [1.29, 1.82) is 0 Å². The number of rotatable bonds is 6. The number of carbonyl (C=O) groups is 3. The van der Waals surface area contributed by atoms with Crippen LogP contribution in [0.5, 0.6) is 11.5 Å². The molecule has 0 atom stereocenters. The fourth-order valence-electron chi connectivity index (χ4n) is 3.92. The molecule has 0 saturated carbocycles. The number of methoxy groups -OCH3 is 1. The summed E-state index contributed by atoms with van der Waals surface area (Å²) in [7, 11) is 1.53. The van der Waals surface area contributed by atoms with Crippen LogP contribution >= 0.6 is 38.5 Å². The molecule has 9 heteroatoms. The average Bonchev–Trinajstić information content (AvgIpc) is 2.81. The van der Waals surface area contributed by atoms with Gasteiger partial charge in [0, 0.05) is 4.47 Å². The molecule has 4 rings (SSSR count). The van der Waals surface area contributed by atoms with Gasteiger partial charge in [0.2, 0.25) is 0 Å². The number of anilines is 1. The molecule has 1 aliphatic rings. The third-order valence-corrected chi connectivity index (χ3v) is 6.74. The molecule has 1 heterocycles. The molecule has 0 radical (unpaired) electrons. The zero-order chi connectivity index (χ0) is 26.0. The second-order valence-corrected chi connectivity index (χ2v) is 10.3. The predicted octanol–water partition coefficient (Wildman–Crippen LogP) is 5.92. The van der Waals surface area contributed by atoms with Crippen LogP contribution in [-0.2, 0) is 16.2 Å². The molecule has 36 heavy (non-hydrogen) atoms. The minimum absolute atomic E-state index is 0.167. The Bertz CT molecular complexity index is 1380. The molecule has 0 aliphatic carbocycles. The summed E-state index contributed by atoms with van der Waals surface area (Å²) in [5.74, 6) is -0.453. The number of hydrogen-bond acceptors (Lipinski definition) is 5. The highest BCUT2D eigenvalue weighted by Gasteiger charge is 2.36. The Morgan fingerprint density at radius 3 is 2.31 bits per heavy atom. The minimum Gasteiger partial charge on any atom is -0.493 e. The van der Waals surface area contributed by atoms with E-state index in [0.29, 0.717) is 29.4 Å². The fraction of sp³-hybridized carbons (Fsp3) is 0.148. The highest BCUT2D eigenvalue weighted by molar-refractivity contribution is 14.1. The van der Waals surface area contributed by atoms with E-state index >= 15 is 0 Å². The Morgan fingerprint density at radius 2 is 1.67 bits per heavy atom. The van der Waals surface area contributed by atoms with E-state index in [9.17, 15) is 14.4 Å². The number of hydrogen-bond donors (Lipinski definition) is 1. The van der Waals surface area contributed by atoms with Gasteiger partial charge in [-0.3, -0.25) is 14.9 Å². The topological polar surface area (TPSA) is 84.9 Å². The number of ether oxygens (including phenoxy) is 2. The van der Waals surface area contributed by atoms with E-state index < -0.39 is 17.8 Å². The number of benzene rings is 3. The largest absolute Gasteiger partial charge is 0.493 e. The fourth-order valence-corrected chi connectivity index (χ4v) is 4.97. The summed E-state index contributed by atoms with van der Waals surface area (Å²) in [5.41, 5.74) is 4.09. The van der Waals surface area contributed by atoms with Crippen LogP contribution < -0.4 is 19.7 Å². The number of nitrogens with one attached hydrogen (secondary N) is 1. The van der Waals surface area contributed by atoms with E-state index in [1.54, 1.807) is 36.4 Å². The van der Waals surface area contributed by atoms with Gasteiger partial charge < -0.3 is 9.47 Å². The first-order valence-corrected chi connectivity index (χ1v) is 12.8. The van der Waals surface area contributed by atoms with E-state index in [-0.39, 0.29) is 5.57 Å². The van der Waals surface area contributed by atoms with E-state index in [0.717, 1.165) is 29.6 Å². The molecule has 3 aromatic carbocycles. The predicted molar refractivity (Wildman–Crippen MR) is 149 cm³/mol. The van der Waals surface area contributed by atoms with Crippen LogP contribution in [0.4, 0.5) is 10.5 Å². The maximum absolute atomic E-state index is 13.2. The molecular weight excluding hydrogens is 639 g/mol. The highest BCUT2D eigenvalue weighted by Crippen LogP contribution is 2.35. The molecule has 1 saturated heterocycles. The lowest BCUT2D eigenvalue weighted by Gasteiger charge is -2.26. The van der Waals surface area contributed by atoms with Crippen molar-refractivity contribution in [3.05, 3.63) is 90.5 Å². The van der Waals surface area contributed by atoms with Gasteiger partial charge in [-0.15, -0.1) is 0 Å². The number of imide groups is 2. The van der Waals surface area contributed by atoms with Crippen molar-refractivity contribution in [3.8, 4) is 11.5 Å². The summed E-state index contributed by atoms with van der Waals surface area (Å²) < 4.78 is 13.2. The van der Waals surface area contributed by atoms with Crippen LogP contribution in [-0.4, -0.2) is 25.0 Å². The van der Waals surface area contributed by atoms with Gasteiger partial charge in [-0.25, -0.2) is 9.69 Å². The lowest BCUT2D eigenvalue weighted by atomic mass is 10.1. The van der Waals surface area contributed by atoms with Crippen molar-refractivity contribution in [2.45, 2.75) is 20.5 Å². The first kappa shape index (κ1) is 25.9. The van der Waals surface area contributed by atoms with Gasteiger partial charge >= 0.3 is 6.03 Å². The molecule has 7 nitrogen and oxygen atoms in total. The maximum Gasteiger partial charge on any atom is 0.335 e. The summed E-state index contributed by atoms with van der Waals surface area (Å²) in [6.07, 6.45) is 1.44. The van der Waals surface area contributed by atoms with Crippen LogP contribution in [0.2, 0.25) is 0 Å². The van der Waals surface area contributed by atoms with Gasteiger partial charge in [-0.2, -0.15) is 0 Å². The lowest BCUT2D eigenvalue weighted by molar-refractivity contribution is -0.122. The molecule has 0 bridgehead atoms. The van der Waals surface area contributed by atoms with Gasteiger partial charge in [0.15, 0.2) is 11.5 Å². The van der Waals surface area contributed by atoms with Crippen molar-refractivity contribution in [2.24, 2.45) is 0 Å². The number of aryl methyl sites for hydroxylation is 2. The van der Waals surface area contributed by atoms with Gasteiger partial charge in [-0.1, -0.05) is 45.3 Å². The molecule has 3 aromatic rings. The molecular formula is C27H22BrIN2O5. The first-order valence-electron chi connectivity index (χ1n) is 10.9. The van der Waals surface area contributed by atoms with E-state index in [4.69, 9.17) is 9.47 Å². The number of urea groups is 1. The zero-order valence-electron chi connectivity index (χ0n) is 19.7. The Morgan fingerprint density at radius 1 is 1.00 bits per heavy atom. The Hall–Kier alpha value is -3.18. The van der Waals surface area contributed by atoms with Crippen LogP contribution in [0.3, 0.4) is 0 Å². The monoisotopic (exact) mass is 660 g/mol. The molecule has 0 spiro atoms. The average molecular weight is 661 g/mol. The number of barbiturate groups is 1. The first-order chi connectivity index (χ1) is 17.2. The van der Waals surface area contributed by atoms with Crippen LogP contribution in [0.1, 0.15) is 22.3 Å². The van der Waals surface area contributed by atoms with Gasteiger partial charge in [0.1, 0.15) is 12.2 Å². The molecule has 4 amide bonds. The van der Waals surface area contributed by atoms with Crippen molar-refractivity contribution in [3.63, 3.8) is 0 Å². The second kappa shape index (κ2) is 10.8.